The smallest absolute Gasteiger partial charge is 0.341 e. The lowest BCUT2D eigenvalue weighted by molar-refractivity contribution is 0.0694. The summed E-state index contributed by atoms with van der Waals surface area (Å²) in [5.74, 6) is -2.84. The molecule has 20 heavy (non-hydrogen) atoms. The Morgan fingerprint density at radius 2 is 1.95 bits per heavy atom. The zero-order chi connectivity index (χ0) is 14.9. The molecule has 1 aromatic carbocycles. The van der Waals surface area contributed by atoms with Gasteiger partial charge in [0.1, 0.15) is 17.2 Å². The van der Waals surface area contributed by atoms with Crippen molar-refractivity contribution in [2.45, 2.75) is 13.5 Å². The number of aromatic nitrogens is 1. The van der Waals surface area contributed by atoms with Gasteiger partial charge in [-0.05, 0) is 25.1 Å². The Labute approximate surface area is 112 Å². The Morgan fingerprint density at radius 3 is 2.55 bits per heavy atom. The van der Waals surface area contributed by atoms with Crippen molar-refractivity contribution in [1.29, 1.82) is 0 Å². The number of benzene rings is 1. The maximum absolute atomic E-state index is 13.6. The molecule has 0 aliphatic heterocycles. The van der Waals surface area contributed by atoms with Crippen molar-refractivity contribution in [3.63, 3.8) is 0 Å². The molecule has 0 radical (unpaired) electrons. The first-order valence-electron chi connectivity index (χ1n) is 5.78. The standard InChI is InChI=1S/C14H11F2NO3/c1-8-2-5-11(14(19)20)13(18)17(8)7-9-3-4-10(15)6-12(9)16/h2-6H,7H2,1H3,(H,19,20). The first-order valence-corrected chi connectivity index (χ1v) is 5.78. The fraction of sp³-hybridized carbons (Fsp3) is 0.143. The number of carbonyl (C=O) groups is 1. The van der Waals surface area contributed by atoms with Crippen LogP contribution in [0.5, 0.6) is 0 Å². The lowest BCUT2D eigenvalue weighted by Crippen LogP contribution is -2.28. The highest BCUT2D eigenvalue weighted by atomic mass is 19.1. The quantitative estimate of drug-likeness (QED) is 0.936. The number of carboxylic acids is 1. The molecule has 1 aromatic heterocycles. The Morgan fingerprint density at radius 1 is 1.25 bits per heavy atom. The monoisotopic (exact) mass is 279 g/mol. The summed E-state index contributed by atoms with van der Waals surface area (Å²) in [5.41, 5.74) is -0.512. The van der Waals surface area contributed by atoms with Gasteiger partial charge in [0.05, 0.1) is 6.54 Å². The molecule has 104 valence electrons. The first kappa shape index (κ1) is 13.9. The molecule has 0 bridgehead atoms. The van der Waals surface area contributed by atoms with Crippen molar-refractivity contribution in [1.82, 2.24) is 4.57 Å². The molecule has 0 atom stereocenters. The molecular weight excluding hydrogens is 268 g/mol. The third-order valence-corrected chi connectivity index (χ3v) is 2.97. The van der Waals surface area contributed by atoms with E-state index in [1.165, 1.54) is 18.2 Å². The fourth-order valence-electron chi connectivity index (χ4n) is 1.85. The van der Waals surface area contributed by atoms with Crippen LogP contribution in [0.15, 0.2) is 35.1 Å². The summed E-state index contributed by atoms with van der Waals surface area (Å²) in [6.45, 7) is 1.45. The number of pyridine rings is 1. The van der Waals surface area contributed by atoms with Crippen molar-refractivity contribution in [2.75, 3.05) is 0 Å². The number of aryl methyl sites for hydroxylation is 1. The average Bonchev–Trinajstić information content (AvgIpc) is 2.36. The summed E-state index contributed by atoms with van der Waals surface area (Å²) in [7, 11) is 0. The van der Waals surface area contributed by atoms with E-state index in [9.17, 15) is 18.4 Å². The molecule has 2 aromatic rings. The number of halogens is 2. The predicted molar refractivity (Wildman–Crippen MR) is 67.9 cm³/mol. The third-order valence-electron chi connectivity index (χ3n) is 2.97. The van der Waals surface area contributed by atoms with Crippen LogP contribution in [-0.4, -0.2) is 15.6 Å². The topological polar surface area (TPSA) is 59.3 Å². The van der Waals surface area contributed by atoms with Gasteiger partial charge in [-0.3, -0.25) is 4.79 Å². The van der Waals surface area contributed by atoms with E-state index in [2.05, 4.69) is 0 Å². The van der Waals surface area contributed by atoms with Crippen LogP contribution < -0.4 is 5.56 Å². The Kier molecular flexibility index (Phi) is 3.65. The summed E-state index contributed by atoms with van der Waals surface area (Å²) in [4.78, 5) is 22.9. The van der Waals surface area contributed by atoms with Crippen molar-refractivity contribution < 1.29 is 18.7 Å². The second kappa shape index (κ2) is 5.24. The highest BCUT2D eigenvalue weighted by Gasteiger charge is 2.14. The molecule has 6 heteroatoms. The molecule has 2 rings (SSSR count). The Bertz CT molecular complexity index is 738. The molecule has 0 aliphatic rings. The van der Waals surface area contributed by atoms with Gasteiger partial charge in [0, 0.05) is 17.3 Å². The molecule has 0 saturated heterocycles. The highest BCUT2D eigenvalue weighted by Crippen LogP contribution is 2.11. The zero-order valence-corrected chi connectivity index (χ0v) is 10.6. The van der Waals surface area contributed by atoms with Gasteiger partial charge in [-0.1, -0.05) is 6.07 Å². The van der Waals surface area contributed by atoms with Crippen molar-refractivity contribution in [2.24, 2.45) is 0 Å². The largest absolute Gasteiger partial charge is 0.477 e. The van der Waals surface area contributed by atoms with E-state index in [1.54, 1.807) is 6.92 Å². The van der Waals surface area contributed by atoms with Crippen molar-refractivity contribution in [3.8, 4) is 0 Å². The number of carboxylic acid groups (broad SMARTS) is 1. The van der Waals surface area contributed by atoms with Crippen LogP contribution in [0.1, 0.15) is 21.6 Å². The lowest BCUT2D eigenvalue weighted by Gasteiger charge is -2.11. The molecule has 0 aliphatic carbocycles. The van der Waals surface area contributed by atoms with E-state index in [0.717, 1.165) is 16.7 Å². The lowest BCUT2D eigenvalue weighted by atomic mass is 10.2. The molecule has 1 heterocycles. The third kappa shape index (κ3) is 2.59. The maximum Gasteiger partial charge on any atom is 0.341 e. The van der Waals surface area contributed by atoms with Gasteiger partial charge in [0.25, 0.3) is 5.56 Å². The van der Waals surface area contributed by atoms with Gasteiger partial charge in [-0.2, -0.15) is 0 Å². The minimum atomic E-state index is -1.34. The number of hydrogen-bond acceptors (Lipinski definition) is 2. The molecule has 1 N–H and O–H groups in total. The first-order chi connectivity index (χ1) is 9.40. The Hall–Kier alpha value is -2.50. The van der Waals surface area contributed by atoms with Gasteiger partial charge in [-0.25, -0.2) is 13.6 Å². The van der Waals surface area contributed by atoms with Gasteiger partial charge in [0.15, 0.2) is 0 Å². The molecule has 0 unspecified atom stereocenters. The highest BCUT2D eigenvalue weighted by molar-refractivity contribution is 5.87. The van der Waals surface area contributed by atoms with Gasteiger partial charge < -0.3 is 9.67 Å². The van der Waals surface area contributed by atoms with Gasteiger partial charge in [0.2, 0.25) is 0 Å². The molecule has 0 fully saturated rings. The number of hydrogen-bond donors (Lipinski definition) is 1. The SMILES string of the molecule is Cc1ccc(C(=O)O)c(=O)n1Cc1ccc(F)cc1F. The normalized spacial score (nSPS) is 10.6. The molecule has 4 nitrogen and oxygen atoms in total. The van der Waals surface area contributed by atoms with Crippen LogP contribution in [0.2, 0.25) is 0 Å². The van der Waals surface area contributed by atoms with Gasteiger partial charge >= 0.3 is 5.97 Å². The van der Waals surface area contributed by atoms with Crippen molar-refractivity contribution in [3.05, 3.63) is 69.1 Å². The van der Waals surface area contributed by atoms with Crippen LogP contribution >= 0.6 is 0 Å². The van der Waals surface area contributed by atoms with Crippen LogP contribution in [0.3, 0.4) is 0 Å². The van der Waals surface area contributed by atoms with Crippen molar-refractivity contribution >= 4 is 5.97 Å². The van der Waals surface area contributed by atoms with Crippen LogP contribution in [0, 0.1) is 18.6 Å². The van der Waals surface area contributed by atoms with E-state index < -0.39 is 28.7 Å². The molecule has 0 saturated carbocycles. The molecule has 0 spiro atoms. The van der Waals surface area contributed by atoms with Crippen LogP contribution in [0.4, 0.5) is 8.78 Å². The molecule has 0 amide bonds. The van der Waals surface area contributed by atoms with Crippen LogP contribution in [-0.2, 0) is 6.54 Å². The fourth-order valence-corrected chi connectivity index (χ4v) is 1.85. The zero-order valence-electron chi connectivity index (χ0n) is 10.6. The summed E-state index contributed by atoms with van der Waals surface area (Å²) in [5, 5.41) is 8.90. The predicted octanol–water partition coefficient (Wildman–Crippen LogP) is 2.18. The van der Waals surface area contributed by atoms with E-state index in [1.807, 2.05) is 0 Å². The minimum Gasteiger partial charge on any atom is -0.477 e. The summed E-state index contributed by atoms with van der Waals surface area (Å²) in [6.07, 6.45) is 0. The summed E-state index contributed by atoms with van der Waals surface area (Å²) < 4.78 is 27.6. The minimum absolute atomic E-state index is 0.110. The second-order valence-corrected chi connectivity index (χ2v) is 4.32. The average molecular weight is 279 g/mol. The Balaban J connectivity index is 2.51. The number of nitrogens with zero attached hydrogens (tertiary/aromatic N) is 1. The van der Waals surface area contributed by atoms with Crippen LogP contribution in [0.25, 0.3) is 0 Å². The van der Waals surface area contributed by atoms with E-state index in [4.69, 9.17) is 5.11 Å². The summed E-state index contributed by atoms with van der Waals surface area (Å²) in [6, 6.07) is 5.70. The van der Waals surface area contributed by atoms with E-state index >= 15 is 0 Å². The number of aromatic carboxylic acids is 1. The van der Waals surface area contributed by atoms with E-state index in [0.29, 0.717) is 5.69 Å². The second-order valence-electron chi connectivity index (χ2n) is 4.32. The molecular formula is C14H11F2NO3. The maximum atomic E-state index is 13.6. The van der Waals surface area contributed by atoms with E-state index in [-0.39, 0.29) is 12.1 Å². The summed E-state index contributed by atoms with van der Waals surface area (Å²) >= 11 is 0. The number of rotatable bonds is 3. The van der Waals surface area contributed by atoms with Gasteiger partial charge in [-0.15, -0.1) is 0 Å².